The van der Waals surface area contributed by atoms with Crippen molar-refractivity contribution in [2.75, 3.05) is 13.2 Å². The quantitative estimate of drug-likeness (QED) is 0.422. The van der Waals surface area contributed by atoms with Crippen LogP contribution in [0.1, 0.15) is 12.8 Å². The van der Waals surface area contributed by atoms with Crippen LogP contribution in [0.15, 0.2) is 0 Å². The molecule has 72 valence electrons. The summed E-state index contributed by atoms with van der Waals surface area (Å²) in [7, 11) is 0. The highest BCUT2D eigenvalue weighted by atomic mass is 16.3. The molecule has 4 atom stereocenters. The lowest BCUT2D eigenvalue weighted by atomic mass is 9.78. The van der Waals surface area contributed by atoms with Crippen molar-refractivity contribution in [1.82, 2.24) is 0 Å². The standard InChI is InChI=1S/C8H16O4/c9-3-5-1-7(11)6(4-10)2-8(5)12/h5-12H,1-4H2. The molecule has 0 spiro atoms. The molecule has 0 aromatic rings. The number of hydrogen-bond acceptors (Lipinski definition) is 4. The van der Waals surface area contributed by atoms with Crippen LogP contribution in [0, 0.1) is 11.8 Å². The summed E-state index contributed by atoms with van der Waals surface area (Å²) in [4.78, 5) is 0. The Morgan fingerprint density at radius 1 is 0.833 bits per heavy atom. The molecule has 4 N–H and O–H groups in total. The fourth-order valence-corrected chi connectivity index (χ4v) is 1.71. The molecule has 1 saturated carbocycles. The summed E-state index contributed by atoms with van der Waals surface area (Å²) >= 11 is 0. The molecule has 1 fully saturated rings. The van der Waals surface area contributed by atoms with Crippen molar-refractivity contribution in [3.05, 3.63) is 0 Å². The lowest BCUT2D eigenvalue weighted by Gasteiger charge is -2.35. The summed E-state index contributed by atoms with van der Waals surface area (Å²) in [5.74, 6) is -0.467. The zero-order valence-corrected chi connectivity index (χ0v) is 6.93. The first-order valence-electron chi connectivity index (χ1n) is 4.27. The molecule has 4 nitrogen and oxygen atoms in total. The molecule has 0 saturated heterocycles. The Labute approximate surface area is 71.5 Å². The van der Waals surface area contributed by atoms with E-state index in [9.17, 15) is 10.2 Å². The largest absolute Gasteiger partial charge is 0.396 e. The van der Waals surface area contributed by atoms with Crippen LogP contribution in [0.25, 0.3) is 0 Å². The van der Waals surface area contributed by atoms with E-state index in [1.807, 2.05) is 0 Å². The van der Waals surface area contributed by atoms with Gasteiger partial charge in [-0.2, -0.15) is 0 Å². The van der Waals surface area contributed by atoms with Crippen LogP contribution < -0.4 is 0 Å². The van der Waals surface area contributed by atoms with Crippen LogP contribution in [-0.2, 0) is 0 Å². The number of aliphatic hydroxyl groups is 4. The second-order valence-electron chi connectivity index (χ2n) is 3.49. The monoisotopic (exact) mass is 176 g/mol. The third-order valence-electron chi connectivity index (χ3n) is 2.65. The van der Waals surface area contributed by atoms with Crippen molar-refractivity contribution in [1.29, 1.82) is 0 Å². The Hall–Kier alpha value is -0.160. The fourth-order valence-electron chi connectivity index (χ4n) is 1.71. The molecule has 12 heavy (non-hydrogen) atoms. The minimum absolute atomic E-state index is 0.101. The van der Waals surface area contributed by atoms with Gasteiger partial charge in [-0.1, -0.05) is 0 Å². The van der Waals surface area contributed by atoms with Crippen LogP contribution >= 0.6 is 0 Å². The first kappa shape index (κ1) is 9.92. The van der Waals surface area contributed by atoms with E-state index in [0.29, 0.717) is 12.8 Å². The van der Waals surface area contributed by atoms with E-state index in [-0.39, 0.29) is 25.0 Å². The van der Waals surface area contributed by atoms with Gasteiger partial charge in [0.1, 0.15) is 0 Å². The zero-order chi connectivity index (χ0) is 9.14. The van der Waals surface area contributed by atoms with Gasteiger partial charge in [-0.25, -0.2) is 0 Å². The maximum atomic E-state index is 9.41. The zero-order valence-electron chi connectivity index (χ0n) is 6.93. The van der Waals surface area contributed by atoms with Gasteiger partial charge < -0.3 is 20.4 Å². The first-order valence-corrected chi connectivity index (χ1v) is 4.27. The summed E-state index contributed by atoms with van der Waals surface area (Å²) in [6.07, 6.45) is -0.419. The van der Waals surface area contributed by atoms with Crippen molar-refractivity contribution < 1.29 is 20.4 Å². The average Bonchev–Trinajstić information content (AvgIpc) is 2.08. The molecule has 4 unspecified atom stereocenters. The number of hydrogen-bond donors (Lipinski definition) is 4. The summed E-state index contributed by atoms with van der Waals surface area (Å²) in [5.41, 5.74) is 0. The third-order valence-corrected chi connectivity index (χ3v) is 2.65. The van der Waals surface area contributed by atoms with E-state index >= 15 is 0 Å². The van der Waals surface area contributed by atoms with Crippen molar-refractivity contribution in [3.63, 3.8) is 0 Å². The molecule has 1 aliphatic carbocycles. The Kier molecular flexibility index (Phi) is 3.46. The van der Waals surface area contributed by atoms with Gasteiger partial charge >= 0.3 is 0 Å². The van der Waals surface area contributed by atoms with E-state index in [4.69, 9.17) is 10.2 Å². The minimum atomic E-state index is -0.587. The average molecular weight is 176 g/mol. The predicted octanol–water partition coefficient (Wildman–Crippen LogP) is -1.28. The van der Waals surface area contributed by atoms with E-state index in [1.165, 1.54) is 0 Å². The molecule has 1 aliphatic rings. The maximum Gasteiger partial charge on any atom is 0.0595 e. The third kappa shape index (κ3) is 1.95. The molecular formula is C8H16O4. The highest BCUT2D eigenvalue weighted by Crippen LogP contribution is 2.28. The molecule has 0 aromatic carbocycles. The van der Waals surface area contributed by atoms with Crippen LogP contribution in [0.3, 0.4) is 0 Å². The van der Waals surface area contributed by atoms with Gasteiger partial charge in [0.25, 0.3) is 0 Å². The van der Waals surface area contributed by atoms with Gasteiger partial charge in [-0.3, -0.25) is 0 Å². The van der Waals surface area contributed by atoms with Crippen molar-refractivity contribution in [3.8, 4) is 0 Å². The molecule has 0 aromatic heterocycles. The Morgan fingerprint density at radius 3 is 1.42 bits per heavy atom. The Balaban J connectivity index is 2.49. The van der Waals surface area contributed by atoms with Crippen molar-refractivity contribution in [2.24, 2.45) is 11.8 Å². The number of rotatable bonds is 2. The Bertz CT molecular complexity index is 123. The molecule has 0 amide bonds. The van der Waals surface area contributed by atoms with Gasteiger partial charge in [0.05, 0.1) is 12.2 Å². The van der Waals surface area contributed by atoms with Crippen LogP contribution in [0.4, 0.5) is 0 Å². The fraction of sp³-hybridized carbons (Fsp3) is 1.00. The summed E-state index contributed by atoms with van der Waals surface area (Å²) in [5, 5.41) is 36.4. The molecule has 0 bridgehead atoms. The van der Waals surface area contributed by atoms with Crippen molar-refractivity contribution in [2.45, 2.75) is 25.0 Å². The molecule has 0 aliphatic heterocycles. The smallest absolute Gasteiger partial charge is 0.0595 e. The van der Waals surface area contributed by atoms with Crippen LogP contribution in [0.5, 0.6) is 0 Å². The molecule has 4 heteroatoms. The van der Waals surface area contributed by atoms with E-state index in [0.717, 1.165) is 0 Å². The summed E-state index contributed by atoms with van der Waals surface area (Å²) in [6.45, 7) is -0.202. The normalized spacial score (nSPS) is 43.0. The van der Waals surface area contributed by atoms with Crippen LogP contribution in [0.2, 0.25) is 0 Å². The summed E-state index contributed by atoms with van der Waals surface area (Å²) < 4.78 is 0. The van der Waals surface area contributed by atoms with Gasteiger partial charge in [0.2, 0.25) is 0 Å². The Morgan fingerprint density at radius 2 is 1.17 bits per heavy atom. The maximum absolute atomic E-state index is 9.41. The van der Waals surface area contributed by atoms with E-state index in [1.54, 1.807) is 0 Å². The SMILES string of the molecule is OCC1CC(O)C(CO)CC1O. The van der Waals surface area contributed by atoms with E-state index in [2.05, 4.69) is 0 Å². The first-order chi connectivity index (χ1) is 5.69. The van der Waals surface area contributed by atoms with Gasteiger partial charge in [0.15, 0.2) is 0 Å². The molecular weight excluding hydrogens is 160 g/mol. The van der Waals surface area contributed by atoms with Gasteiger partial charge in [0, 0.05) is 25.0 Å². The topological polar surface area (TPSA) is 80.9 Å². The van der Waals surface area contributed by atoms with E-state index < -0.39 is 12.2 Å². The number of aliphatic hydroxyl groups excluding tert-OH is 4. The summed E-state index contributed by atoms with van der Waals surface area (Å²) in [6, 6.07) is 0. The highest BCUT2D eigenvalue weighted by Gasteiger charge is 2.34. The molecule has 0 heterocycles. The molecule has 1 rings (SSSR count). The van der Waals surface area contributed by atoms with Gasteiger partial charge in [-0.05, 0) is 12.8 Å². The predicted molar refractivity (Wildman–Crippen MR) is 42.4 cm³/mol. The highest BCUT2D eigenvalue weighted by molar-refractivity contribution is 4.84. The van der Waals surface area contributed by atoms with Crippen LogP contribution in [-0.4, -0.2) is 45.8 Å². The lowest BCUT2D eigenvalue weighted by molar-refractivity contribution is -0.0618. The van der Waals surface area contributed by atoms with Crippen molar-refractivity contribution >= 4 is 0 Å². The second-order valence-corrected chi connectivity index (χ2v) is 3.49. The molecule has 0 radical (unpaired) electrons. The lowest BCUT2D eigenvalue weighted by Crippen LogP contribution is -2.41. The van der Waals surface area contributed by atoms with Gasteiger partial charge in [-0.15, -0.1) is 0 Å². The second kappa shape index (κ2) is 4.18. The minimum Gasteiger partial charge on any atom is -0.396 e.